The molecule has 0 radical (unpaired) electrons. The Balaban J connectivity index is 2.10. The number of carboxylic acids is 1. The van der Waals surface area contributed by atoms with Crippen LogP contribution in [-0.4, -0.2) is 25.5 Å². The molecule has 110 valence electrons. The van der Waals surface area contributed by atoms with Crippen LogP contribution in [0.3, 0.4) is 0 Å². The van der Waals surface area contributed by atoms with Crippen molar-refractivity contribution >= 4 is 21.9 Å². The summed E-state index contributed by atoms with van der Waals surface area (Å²) in [5.41, 5.74) is 0.00937. The molecular weight excluding hydrogens is 280 g/mol. The molecule has 2 rings (SSSR count). The molecule has 0 heterocycles. The van der Waals surface area contributed by atoms with Crippen LogP contribution in [0.5, 0.6) is 0 Å². The van der Waals surface area contributed by atoms with Gasteiger partial charge in [0.2, 0.25) is 0 Å². The fourth-order valence-electron chi connectivity index (χ4n) is 1.68. The summed E-state index contributed by atoms with van der Waals surface area (Å²) in [7, 11) is -3.55. The van der Waals surface area contributed by atoms with Crippen molar-refractivity contribution in [3.8, 4) is 0 Å². The van der Waals surface area contributed by atoms with E-state index in [0.29, 0.717) is 11.3 Å². The molecule has 1 aliphatic carbocycles. The molecule has 0 bridgehead atoms. The summed E-state index contributed by atoms with van der Waals surface area (Å²) in [6, 6.07) is 6.39. The van der Waals surface area contributed by atoms with Crippen molar-refractivity contribution in [1.29, 1.82) is 0 Å². The first kappa shape index (κ1) is 14.8. The third-order valence-electron chi connectivity index (χ3n) is 3.29. The fourth-order valence-corrected chi connectivity index (χ4v) is 2.86. The first-order valence-corrected chi connectivity index (χ1v) is 7.83. The second-order valence-corrected chi connectivity index (χ2v) is 6.95. The Hall–Kier alpha value is -1.60. The van der Waals surface area contributed by atoms with E-state index in [1.165, 1.54) is 0 Å². The number of carboxylic acid groups (broad SMARTS) is 1. The summed E-state index contributed by atoms with van der Waals surface area (Å²) in [4.78, 5) is 11.1. The number of hydrogen-bond acceptors (Lipinski definition) is 3. The van der Waals surface area contributed by atoms with Gasteiger partial charge < -0.3 is 5.11 Å². The lowest BCUT2D eigenvalue weighted by molar-refractivity contribution is -0.142. The molecule has 6 nitrogen and oxygen atoms in total. The van der Waals surface area contributed by atoms with Gasteiger partial charge in [0, 0.05) is 11.7 Å². The number of hydrogen-bond donors (Lipinski definition) is 3. The normalized spacial score (nSPS) is 15.9. The van der Waals surface area contributed by atoms with Crippen LogP contribution < -0.4 is 9.44 Å². The van der Waals surface area contributed by atoms with Gasteiger partial charge in [-0.1, -0.05) is 12.1 Å². The number of nitrogens with one attached hydrogen (secondary N) is 2. The molecule has 0 spiro atoms. The second kappa shape index (κ2) is 5.06. The molecule has 1 aromatic carbocycles. The quantitative estimate of drug-likeness (QED) is 0.741. The highest BCUT2D eigenvalue weighted by Gasteiger charge is 2.29. The van der Waals surface area contributed by atoms with Crippen LogP contribution in [0.4, 0.5) is 5.69 Å². The second-order valence-electron chi connectivity index (χ2n) is 5.51. The van der Waals surface area contributed by atoms with Gasteiger partial charge in [0.15, 0.2) is 0 Å². The van der Waals surface area contributed by atoms with E-state index < -0.39 is 21.6 Å². The topological polar surface area (TPSA) is 95.5 Å². The van der Waals surface area contributed by atoms with Gasteiger partial charge in [-0.15, -0.1) is 0 Å². The highest BCUT2D eigenvalue weighted by Crippen LogP contribution is 2.25. The molecule has 0 atom stereocenters. The van der Waals surface area contributed by atoms with Gasteiger partial charge in [-0.2, -0.15) is 13.1 Å². The van der Waals surface area contributed by atoms with Crippen LogP contribution in [0, 0.1) is 0 Å². The number of carbonyl (C=O) groups is 1. The van der Waals surface area contributed by atoms with Crippen LogP contribution in [-0.2, 0) is 20.4 Å². The number of anilines is 1. The lowest BCUT2D eigenvalue weighted by Gasteiger charge is -2.20. The van der Waals surface area contributed by atoms with Gasteiger partial charge in [0.05, 0.1) is 5.41 Å². The lowest BCUT2D eigenvalue weighted by Crippen LogP contribution is -2.32. The van der Waals surface area contributed by atoms with Gasteiger partial charge in [0.1, 0.15) is 0 Å². The minimum atomic E-state index is -3.55. The Bertz CT molecular complexity index is 604. The predicted octanol–water partition coefficient (Wildman–Crippen LogP) is 1.46. The number of benzene rings is 1. The molecule has 0 amide bonds. The molecule has 0 saturated heterocycles. The Kier molecular flexibility index (Phi) is 3.75. The van der Waals surface area contributed by atoms with E-state index in [2.05, 4.69) is 9.44 Å². The highest BCUT2D eigenvalue weighted by molar-refractivity contribution is 7.90. The van der Waals surface area contributed by atoms with Gasteiger partial charge >= 0.3 is 5.97 Å². The van der Waals surface area contributed by atoms with Crippen molar-refractivity contribution in [2.24, 2.45) is 0 Å². The van der Waals surface area contributed by atoms with Crippen LogP contribution in [0.2, 0.25) is 0 Å². The first-order chi connectivity index (χ1) is 9.21. The zero-order valence-electron chi connectivity index (χ0n) is 11.4. The van der Waals surface area contributed by atoms with Crippen molar-refractivity contribution in [3.05, 3.63) is 29.8 Å². The summed E-state index contributed by atoms with van der Waals surface area (Å²) < 4.78 is 28.4. The van der Waals surface area contributed by atoms with Crippen LogP contribution in [0.1, 0.15) is 32.3 Å². The van der Waals surface area contributed by atoms with E-state index in [-0.39, 0.29) is 6.04 Å². The summed E-state index contributed by atoms with van der Waals surface area (Å²) in [6.07, 6.45) is 1.74. The average molecular weight is 298 g/mol. The van der Waals surface area contributed by atoms with Crippen LogP contribution >= 0.6 is 0 Å². The third-order valence-corrected chi connectivity index (χ3v) is 4.44. The molecule has 1 saturated carbocycles. The molecule has 0 aromatic heterocycles. The van der Waals surface area contributed by atoms with E-state index in [1.807, 2.05) is 0 Å². The molecule has 0 unspecified atom stereocenters. The summed E-state index contributed by atoms with van der Waals surface area (Å²) in [5, 5.41) is 9.14. The van der Waals surface area contributed by atoms with Gasteiger partial charge in [-0.25, -0.2) is 0 Å². The molecular formula is C13H18N2O4S. The molecule has 20 heavy (non-hydrogen) atoms. The average Bonchev–Trinajstić information content (AvgIpc) is 3.12. The largest absolute Gasteiger partial charge is 0.481 e. The zero-order valence-corrected chi connectivity index (χ0v) is 12.2. The van der Waals surface area contributed by atoms with Gasteiger partial charge in [-0.3, -0.25) is 9.52 Å². The maximum absolute atomic E-state index is 11.7. The van der Waals surface area contributed by atoms with Crippen molar-refractivity contribution in [2.75, 3.05) is 4.72 Å². The Morgan fingerprint density at radius 1 is 1.25 bits per heavy atom. The monoisotopic (exact) mass is 298 g/mol. The van der Waals surface area contributed by atoms with Crippen molar-refractivity contribution < 1.29 is 18.3 Å². The lowest BCUT2D eigenvalue weighted by atomic mass is 9.85. The first-order valence-electron chi connectivity index (χ1n) is 6.35. The van der Waals surface area contributed by atoms with E-state index in [9.17, 15) is 13.2 Å². The fraction of sp³-hybridized carbons (Fsp3) is 0.462. The minimum absolute atomic E-state index is 0.0396. The predicted molar refractivity (Wildman–Crippen MR) is 75.8 cm³/mol. The van der Waals surface area contributed by atoms with E-state index in [4.69, 9.17) is 5.11 Å². The molecule has 3 N–H and O–H groups in total. The Labute approximate surface area is 118 Å². The van der Waals surface area contributed by atoms with Crippen molar-refractivity contribution in [1.82, 2.24) is 4.72 Å². The Morgan fingerprint density at radius 2 is 1.80 bits per heavy atom. The molecule has 1 aromatic rings. The smallest absolute Gasteiger partial charge is 0.313 e. The van der Waals surface area contributed by atoms with Crippen molar-refractivity contribution in [2.45, 2.75) is 38.1 Å². The standard InChI is InChI=1S/C13H18N2O4S/c1-13(2,12(16)17)9-3-5-10(6-4-9)14-20(18,19)15-11-7-8-11/h3-6,11,14-15H,7-8H2,1-2H3,(H,16,17). The maximum atomic E-state index is 11.7. The minimum Gasteiger partial charge on any atom is -0.481 e. The Morgan fingerprint density at radius 3 is 2.25 bits per heavy atom. The van der Waals surface area contributed by atoms with E-state index in [1.54, 1.807) is 38.1 Å². The van der Waals surface area contributed by atoms with Gasteiger partial charge in [-0.05, 0) is 44.4 Å². The zero-order chi connectivity index (χ0) is 15.0. The summed E-state index contributed by atoms with van der Waals surface area (Å²) in [6.45, 7) is 3.20. The molecule has 1 fully saturated rings. The molecule has 7 heteroatoms. The van der Waals surface area contributed by atoms with Crippen LogP contribution in [0.25, 0.3) is 0 Å². The maximum Gasteiger partial charge on any atom is 0.313 e. The highest BCUT2D eigenvalue weighted by atomic mass is 32.2. The molecule has 0 aliphatic heterocycles. The number of aliphatic carboxylic acids is 1. The van der Waals surface area contributed by atoms with Gasteiger partial charge in [0.25, 0.3) is 10.2 Å². The van der Waals surface area contributed by atoms with Crippen molar-refractivity contribution in [3.63, 3.8) is 0 Å². The third kappa shape index (κ3) is 3.49. The SMILES string of the molecule is CC(C)(C(=O)O)c1ccc(NS(=O)(=O)NC2CC2)cc1. The van der Waals surface area contributed by atoms with E-state index >= 15 is 0 Å². The molecule has 1 aliphatic rings. The van der Waals surface area contributed by atoms with Crippen LogP contribution in [0.15, 0.2) is 24.3 Å². The number of rotatable bonds is 6. The summed E-state index contributed by atoms with van der Waals surface area (Å²) in [5.74, 6) is -0.929. The summed E-state index contributed by atoms with van der Waals surface area (Å²) >= 11 is 0. The van der Waals surface area contributed by atoms with E-state index in [0.717, 1.165) is 12.8 Å².